The number of aromatic carboxylic acids is 1. The van der Waals surface area contributed by atoms with E-state index in [0.29, 0.717) is 13.2 Å². The van der Waals surface area contributed by atoms with Gasteiger partial charge >= 0.3 is 5.97 Å². The first-order chi connectivity index (χ1) is 8.97. The zero-order chi connectivity index (χ0) is 14.4. The Morgan fingerprint density at radius 2 is 2.21 bits per heavy atom. The number of hydrogen-bond acceptors (Lipinski definition) is 5. The predicted octanol–water partition coefficient (Wildman–Crippen LogP) is -0.735. The van der Waals surface area contributed by atoms with Gasteiger partial charge in [-0.25, -0.2) is 9.48 Å². The molecule has 0 saturated heterocycles. The summed E-state index contributed by atoms with van der Waals surface area (Å²) < 4.78 is 5.61. The summed E-state index contributed by atoms with van der Waals surface area (Å²) in [5.41, 5.74) is -0.837. The van der Waals surface area contributed by atoms with Gasteiger partial charge in [-0.05, 0) is 13.0 Å². The highest BCUT2D eigenvalue weighted by Crippen LogP contribution is 2.01. The van der Waals surface area contributed by atoms with Crippen molar-refractivity contribution >= 4 is 11.9 Å². The number of rotatable bonds is 6. The van der Waals surface area contributed by atoms with Crippen molar-refractivity contribution in [2.45, 2.75) is 13.0 Å². The lowest BCUT2D eigenvalue weighted by molar-refractivity contribution is -0.124. The Labute approximate surface area is 109 Å². The second kappa shape index (κ2) is 6.64. The molecule has 1 atom stereocenters. The zero-order valence-electron chi connectivity index (χ0n) is 10.6. The van der Waals surface area contributed by atoms with Crippen molar-refractivity contribution in [1.82, 2.24) is 15.1 Å². The van der Waals surface area contributed by atoms with Crippen LogP contribution in [0.15, 0.2) is 16.9 Å². The van der Waals surface area contributed by atoms with Crippen LogP contribution in [0.5, 0.6) is 0 Å². The van der Waals surface area contributed by atoms with E-state index in [1.807, 2.05) is 0 Å². The summed E-state index contributed by atoms with van der Waals surface area (Å²) in [7, 11) is 1.50. The van der Waals surface area contributed by atoms with Gasteiger partial charge in [0.2, 0.25) is 5.91 Å². The highest BCUT2D eigenvalue weighted by Gasteiger charge is 2.18. The van der Waals surface area contributed by atoms with Gasteiger partial charge in [-0.15, -0.1) is 0 Å². The number of nitrogens with zero attached hydrogens (tertiary/aromatic N) is 2. The number of methoxy groups -OCH3 is 1. The first-order valence-electron chi connectivity index (χ1n) is 5.57. The maximum Gasteiger partial charge on any atom is 0.356 e. The van der Waals surface area contributed by atoms with E-state index in [1.165, 1.54) is 14.0 Å². The molecule has 0 aliphatic rings. The van der Waals surface area contributed by atoms with Crippen LogP contribution in [0.2, 0.25) is 0 Å². The standard InChI is InChI=1S/C11H15N3O5/c1-7(10(16)12-5-6-19-2)14-9(15)4-3-8(13-14)11(17)18/h3-4,7H,5-6H2,1-2H3,(H,12,16)(H,17,18). The molecule has 1 aromatic heterocycles. The van der Waals surface area contributed by atoms with E-state index >= 15 is 0 Å². The van der Waals surface area contributed by atoms with Gasteiger partial charge in [0.1, 0.15) is 6.04 Å². The highest BCUT2D eigenvalue weighted by atomic mass is 16.5. The number of carboxylic acids is 1. The summed E-state index contributed by atoms with van der Waals surface area (Å²) in [6.45, 7) is 2.10. The molecule has 0 spiro atoms. The van der Waals surface area contributed by atoms with Gasteiger partial charge in [0.25, 0.3) is 5.56 Å². The molecule has 1 amide bonds. The first-order valence-corrected chi connectivity index (χ1v) is 5.57. The van der Waals surface area contributed by atoms with Crippen LogP contribution in [0.1, 0.15) is 23.5 Å². The van der Waals surface area contributed by atoms with Crippen molar-refractivity contribution in [3.8, 4) is 0 Å². The molecule has 8 heteroatoms. The Morgan fingerprint density at radius 3 is 2.79 bits per heavy atom. The summed E-state index contributed by atoms with van der Waals surface area (Å²) in [4.78, 5) is 34.1. The fourth-order valence-corrected chi connectivity index (χ4v) is 1.35. The lowest BCUT2D eigenvalue weighted by Crippen LogP contribution is -2.38. The van der Waals surface area contributed by atoms with Crippen LogP contribution in [-0.2, 0) is 9.53 Å². The van der Waals surface area contributed by atoms with Crippen LogP contribution in [0.25, 0.3) is 0 Å². The van der Waals surface area contributed by atoms with Gasteiger partial charge in [0, 0.05) is 19.7 Å². The molecule has 1 rings (SSSR count). The molecule has 0 aliphatic heterocycles. The van der Waals surface area contributed by atoms with Gasteiger partial charge in [-0.1, -0.05) is 0 Å². The molecule has 1 aromatic rings. The Morgan fingerprint density at radius 1 is 1.53 bits per heavy atom. The van der Waals surface area contributed by atoms with Crippen LogP contribution in [-0.4, -0.2) is 47.0 Å². The molecule has 0 fully saturated rings. The lowest BCUT2D eigenvalue weighted by atomic mass is 10.3. The molecule has 1 unspecified atom stereocenters. The van der Waals surface area contributed by atoms with Crippen LogP contribution in [0.4, 0.5) is 0 Å². The average Bonchev–Trinajstić information content (AvgIpc) is 2.38. The minimum absolute atomic E-state index is 0.295. The lowest BCUT2D eigenvalue weighted by Gasteiger charge is -2.13. The number of amides is 1. The summed E-state index contributed by atoms with van der Waals surface area (Å²) in [5, 5.41) is 15.0. The molecule has 2 N–H and O–H groups in total. The van der Waals surface area contributed by atoms with Crippen molar-refractivity contribution < 1.29 is 19.4 Å². The first kappa shape index (κ1) is 14.8. The minimum Gasteiger partial charge on any atom is -0.476 e. The van der Waals surface area contributed by atoms with Crippen LogP contribution in [0.3, 0.4) is 0 Å². The molecular formula is C11H15N3O5. The van der Waals surface area contributed by atoms with E-state index in [9.17, 15) is 14.4 Å². The molecule has 0 aromatic carbocycles. The molecule has 19 heavy (non-hydrogen) atoms. The third kappa shape index (κ3) is 3.88. The van der Waals surface area contributed by atoms with E-state index in [1.54, 1.807) is 0 Å². The third-order valence-electron chi connectivity index (χ3n) is 2.40. The van der Waals surface area contributed by atoms with E-state index in [-0.39, 0.29) is 5.69 Å². The van der Waals surface area contributed by atoms with E-state index in [0.717, 1.165) is 16.8 Å². The number of carbonyl (C=O) groups is 2. The molecule has 0 bridgehead atoms. The predicted molar refractivity (Wildman–Crippen MR) is 65.1 cm³/mol. The van der Waals surface area contributed by atoms with Crippen molar-refractivity contribution in [3.05, 3.63) is 28.2 Å². The van der Waals surface area contributed by atoms with Crippen LogP contribution < -0.4 is 10.9 Å². The second-order valence-corrected chi connectivity index (χ2v) is 3.77. The van der Waals surface area contributed by atoms with Crippen LogP contribution in [0, 0.1) is 0 Å². The Kier molecular flexibility index (Phi) is 5.19. The Balaban J connectivity index is 2.89. The second-order valence-electron chi connectivity index (χ2n) is 3.77. The maximum atomic E-state index is 11.7. The minimum atomic E-state index is -1.26. The fourth-order valence-electron chi connectivity index (χ4n) is 1.35. The summed E-state index contributed by atoms with van der Waals surface area (Å²) in [5.74, 6) is -1.70. The molecular weight excluding hydrogens is 254 g/mol. The topological polar surface area (TPSA) is 111 Å². The number of ether oxygens (including phenoxy) is 1. The van der Waals surface area contributed by atoms with Crippen molar-refractivity contribution in [1.29, 1.82) is 0 Å². The fraction of sp³-hybridized carbons (Fsp3) is 0.455. The molecule has 1 heterocycles. The van der Waals surface area contributed by atoms with Crippen molar-refractivity contribution in [2.24, 2.45) is 0 Å². The third-order valence-corrected chi connectivity index (χ3v) is 2.40. The normalized spacial score (nSPS) is 11.9. The molecule has 8 nitrogen and oxygen atoms in total. The van der Waals surface area contributed by atoms with E-state index < -0.39 is 23.5 Å². The van der Waals surface area contributed by atoms with Gasteiger partial charge in [0.05, 0.1) is 6.61 Å². The summed E-state index contributed by atoms with van der Waals surface area (Å²) in [6.07, 6.45) is 0. The number of carboxylic acid groups (broad SMARTS) is 1. The van der Waals surface area contributed by atoms with E-state index in [2.05, 4.69) is 10.4 Å². The van der Waals surface area contributed by atoms with Gasteiger partial charge in [-0.2, -0.15) is 5.10 Å². The van der Waals surface area contributed by atoms with E-state index in [4.69, 9.17) is 9.84 Å². The Hall–Kier alpha value is -2.22. The quantitative estimate of drug-likeness (QED) is 0.658. The number of aromatic nitrogens is 2. The molecule has 104 valence electrons. The largest absolute Gasteiger partial charge is 0.476 e. The number of nitrogens with one attached hydrogen (secondary N) is 1. The zero-order valence-corrected chi connectivity index (χ0v) is 10.6. The molecule has 0 aliphatic carbocycles. The average molecular weight is 269 g/mol. The SMILES string of the molecule is COCCNC(=O)C(C)n1nc(C(=O)O)ccc1=O. The molecule has 0 saturated carbocycles. The smallest absolute Gasteiger partial charge is 0.356 e. The van der Waals surface area contributed by atoms with Gasteiger partial charge in [-0.3, -0.25) is 9.59 Å². The van der Waals surface area contributed by atoms with Crippen molar-refractivity contribution in [2.75, 3.05) is 20.3 Å². The summed E-state index contributed by atoms with van der Waals surface area (Å²) >= 11 is 0. The summed E-state index contributed by atoms with van der Waals surface area (Å²) in [6, 6.07) is 1.26. The van der Waals surface area contributed by atoms with Crippen molar-refractivity contribution in [3.63, 3.8) is 0 Å². The van der Waals surface area contributed by atoms with Gasteiger partial charge < -0.3 is 15.2 Å². The van der Waals surface area contributed by atoms with Crippen LogP contribution >= 0.6 is 0 Å². The highest BCUT2D eigenvalue weighted by molar-refractivity contribution is 5.85. The Bertz CT molecular complexity index is 525. The maximum absolute atomic E-state index is 11.7. The van der Waals surface area contributed by atoms with Gasteiger partial charge in [0.15, 0.2) is 5.69 Å². The molecule has 0 radical (unpaired) electrons. The number of carbonyl (C=O) groups excluding carboxylic acids is 1. The monoisotopic (exact) mass is 269 g/mol. The number of hydrogen-bond donors (Lipinski definition) is 2.